The first-order valence-electron chi connectivity index (χ1n) is 8.32. The Morgan fingerprint density at radius 3 is 2.34 bits per heavy atom. The smallest absolute Gasteiger partial charge is 0.326 e. The van der Waals surface area contributed by atoms with Crippen LogP contribution in [-0.4, -0.2) is 37.4 Å². The Balaban J connectivity index is 2.04. The number of nitrogens with one attached hydrogen (secondary N) is 3. The van der Waals surface area contributed by atoms with E-state index in [4.69, 9.17) is 4.74 Å². The van der Waals surface area contributed by atoms with Gasteiger partial charge in [-0.25, -0.2) is 13.6 Å². The van der Waals surface area contributed by atoms with Gasteiger partial charge >= 0.3 is 12.0 Å². The molecule has 0 aromatic heterocycles. The molecule has 1 unspecified atom stereocenters. The van der Waals surface area contributed by atoms with Crippen LogP contribution in [0.2, 0.25) is 0 Å². The van der Waals surface area contributed by atoms with Gasteiger partial charge in [-0.2, -0.15) is 0 Å². The molecule has 10 heteroatoms. The molecule has 2 rings (SSSR count). The minimum absolute atomic E-state index is 0.290. The van der Waals surface area contributed by atoms with Gasteiger partial charge in [-0.1, -0.05) is 30.3 Å². The molecular weight excluding hydrogens is 388 g/mol. The average molecular weight is 405 g/mol. The average Bonchev–Trinajstić information content (AvgIpc) is 2.70. The second-order valence-electron chi connectivity index (χ2n) is 5.66. The molecule has 0 saturated carbocycles. The quantitative estimate of drug-likeness (QED) is 0.630. The molecule has 2 aromatic carbocycles. The first kappa shape index (κ1) is 21.5. The summed E-state index contributed by atoms with van der Waals surface area (Å²) >= 11 is 0. The first-order valence-corrected chi connectivity index (χ1v) is 8.32. The van der Waals surface area contributed by atoms with Gasteiger partial charge in [-0.15, -0.1) is 0 Å². The zero-order valence-electron chi connectivity index (χ0n) is 15.2. The second-order valence-corrected chi connectivity index (χ2v) is 5.66. The van der Waals surface area contributed by atoms with Gasteiger partial charge in [0.05, 0.1) is 5.56 Å². The van der Waals surface area contributed by atoms with Crippen molar-refractivity contribution >= 4 is 23.8 Å². The number of esters is 1. The number of benzene rings is 2. The van der Waals surface area contributed by atoms with Crippen LogP contribution in [0.1, 0.15) is 22.0 Å². The Kier molecular flexibility index (Phi) is 7.35. The van der Waals surface area contributed by atoms with E-state index in [1.807, 2.05) is 5.32 Å². The number of halogens is 2. The molecule has 2 aromatic rings. The van der Waals surface area contributed by atoms with Gasteiger partial charge in [-0.3, -0.25) is 19.7 Å². The van der Waals surface area contributed by atoms with E-state index in [0.717, 1.165) is 12.1 Å². The number of carbonyl (C=O) groups is 4. The predicted octanol–water partition coefficient (Wildman–Crippen LogP) is 1.43. The summed E-state index contributed by atoms with van der Waals surface area (Å²) in [6.45, 7) is -0.688. The van der Waals surface area contributed by atoms with Gasteiger partial charge < -0.3 is 15.4 Å². The van der Waals surface area contributed by atoms with Crippen LogP contribution in [0.5, 0.6) is 0 Å². The summed E-state index contributed by atoms with van der Waals surface area (Å²) in [5.74, 6) is -4.83. The molecule has 0 spiro atoms. The Labute approximate surface area is 164 Å². The third kappa shape index (κ3) is 6.09. The highest BCUT2D eigenvalue weighted by Gasteiger charge is 2.26. The summed E-state index contributed by atoms with van der Waals surface area (Å²) in [5.41, 5.74) is -0.172. The lowest BCUT2D eigenvalue weighted by atomic mass is 10.1. The lowest BCUT2D eigenvalue weighted by Crippen LogP contribution is -2.42. The first-order chi connectivity index (χ1) is 13.8. The number of carbonyl (C=O) groups excluding carboxylic acids is 4. The van der Waals surface area contributed by atoms with Gasteiger partial charge in [0, 0.05) is 18.7 Å². The fourth-order valence-electron chi connectivity index (χ4n) is 2.24. The molecule has 152 valence electrons. The molecule has 0 bridgehead atoms. The fourth-order valence-corrected chi connectivity index (χ4v) is 2.24. The molecular formula is C19H17F2N3O5. The molecule has 0 fully saturated rings. The van der Waals surface area contributed by atoms with Crippen molar-refractivity contribution in [1.82, 2.24) is 16.0 Å². The Bertz CT molecular complexity index is 921. The van der Waals surface area contributed by atoms with Crippen LogP contribution in [0.4, 0.5) is 13.6 Å². The molecule has 8 nitrogen and oxygen atoms in total. The highest BCUT2D eigenvalue weighted by molar-refractivity contribution is 5.98. The Morgan fingerprint density at radius 1 is 1.03 bits per heavy atom. The van der Waals surface area contributed by atoms with E-state index in [-0.39, 0.29) is 5.56 Å². The fraction of sp³-hybridized carbons (Fsp3) is 0.158. The second kappa shape index (κ2) is 9.93. The SMILES string of the molecule is CNC(=O)NC(=O)C(OC(=O)CNC(=O)c1ccc(F)cc1F)c1ccccc1. The standard InChI is InChI=1S/C19H17F2N3O5/c1-22-19(28)24-18(27)16(11-5-3-2-4-6-11)29-15(25)10-23-17(26)13-8-7-12(20)9-14(13)21/h2-9,16H,10H2,1H3,(H,23,26)(H2,22,24,27,28). The minimum Gasteiger partial charge on any atom is -0.446 e. The summed E-state index contributed by atoms with van der Waals surface area (Å²) in [7, 11) is 1.30. The van der Waals surface area contributed by atoms with E-state index >= 15 is 0 Å². The molecule has 0 aliphatic rings. The third-order valence-corrected chi connectivity index (χ3v) is 3.62. The number of urea groups is 1. The third-order valence-electron chi connectivity index (χ3n) is 3.62. The molecule has 29 heavy (non-hydrogen) atoms. The van der Waals surface area contributed by atoms with Gasteiger partial charge in [0.1, 0.15) is 18.2 Å². The van der Waals surface area contributed by atoms with Crippen LogP contribution >= 0.6 is 0 Å². The summed E-state index contributed by atoms with van der Waals surface area (Å²) in [4.78, 5) is 47.7. The van der Waals surface area contributed by atoms with E-state index in [1.165, 1.54) is 19.2 Å². The monoisotopic (exact) mass is 405 g/mol. The van der Waals surface area contributed by atoms with Crippen LogP contribution in [0.3, 0.4) is 0 Å². The van der Waals surface area contributed by atoms with E-state index in [1.54, 1.807) is 18.2 Å². The summed E-state index contributed by atoms with van der Waals surface area (Å²) < 4.78 is 31.6. The van der Waals surface area contributed by atoms with Crippen molar-refractivity contribution < 1.29 is 32.7 Å². The van der Waals surface area contributed by atoms with Crippen molar-refractivity contribution in [2.45, 2.75) is 6.10 Å². The topological polar surface area (TPSA) is 114 Å². The summed E-state index contributed by atoms with van der Waals surface area (Å²) in [5, 5.41) is 6.31. The van der Waals surface area contributed by atoms with Crippen LogP contribution < -0.4 is 16.0 Å². The van der Waals surface area contributed by atoms with Gasteiger partial charge in [-0.05, 0) is 12.1 Å². The number of imide groups is 1. The number of hydrogen-bond acceptors (Lipinski definition) is 5. The molecule has 0 heterocycles. The molecule has 4 amide bonds. The van der Waals surface area contributed by atoms with Crippen LogP contribution in [0.25, 0.3) is 0 Å². The van der Waals surface area contributed by atoms with Crippen molar-refractivity contribution in [3.8, 4) is 0 Å². The predicted molar refractivity (Wildman–Crippen MR) is 96.6 cm³/mol. The summed E-state index contributed by atoms with van der Waals surface area (Å²) in [6, 6.07) is 9.44. The molecule has 1 atom stereocenters. The maximum Gasteiger partial charge on any atom is 0.326 e. The number of amides is 4. The molecule has 0 aliphatic carbocycles. The van der Waals surface area contributed by atoms with Gasteiger partial charge in [0.15, 0.2) is 0 Å². The number of rotatable bonds is 6. The number of ether oxygens (including phenoxy) is 1. The van der Waals surface area contributed by atoms with Crippen molar-refractivity contribution in [3.63, 3.8) is 0 Å². The van der Waals surface area contributed by atoms with Crippen molar-refractivity contribution in [2.75, 3.05) is 13.6 Å². The van der Waals surface area contributed by atoms with Gasteiger partial charge in [0.2, 0.25) is 6.10 Å². The van der Waals surface area contributed by atoms with Crippen molar-refractivity contribution in [3.05, 3.63) is 71.3 Å². The molecule has 3 N–H and O–H groups in total. The highest BCUT2D eigenvalue weighted by atomic mass is 19.1. The highest BCUT2D eigenvalue weighted by Crippen LogP contribution is 2.17. The van der Waals surface area contributed by atoms with E-state index in [9.17, 15) is 28.0 Å². The lowest BCUT2D eigenvalue weighted by molar-refractivity contribution is -0.155. The lowest BCUT2D eigenvalue weighted by Gasteiger charge is -2.17. The maximum absolute atomic E-state index is 13.6. The Hall–Kier alpha value is -3.82. The number of hydrogen-bond donors (Lipinski definition) is 3. The largest absolute Gasteiger partial charge is 0.446 e. The van der Waals surface area contributed by atoms with Gasteiger partial charge in [0.25, 0.3) is 11.8 Å². The van der Waals surface area contributed by atoms with Crippen LogP contribution in [0.15, 0.2) is 48.5 Å². The molecule has 0 aliphatic heterocycles. The van der Waals surface area contributed by atoms with E-state index in [2.05, 4.69) is 10.6 Å². The van der Waals surface area contributed by atoms with Crippen molar-refractivity contribution in [1.29, 1.82) is 0 Å². The van der Waals surface area contributed by atoms with Crippen LogP contribution in [0, 0.1) is 11.6 Å². The molecule has 0 radical (unpaired) electrons. The maximum atomic E-state index is 13.6. The van der Waals surface area contributed by atoms with E-state index < -0.39 is 53.7 Å². The van der Waals surface area contributed by atoms with Crippen molar-refractivity contribution in [2.24, 2.45) is 0 Å². The molecule has 0 saturated heterocycles. The zero-order valence-corrected chi connectivity index (χ0v) is 15.2. The Morgan fingerprint density at radius 2 is 1.72 bits per heavy atom. The minimum atomic E-state index is -1.46. The van der Waals surface area contributed by atoms with Crippen LogP contribution in [-0.2, 0) is 14.3 Å². The summed E-state index contributed by atoms with van der Waals surface area (Å²) in [6.07, 6.45) is -1.46. The normalized spacial score (nSPS) is 11.1. The zero-order chi connectivity index (χ0) is 21.4. The van der Waals surface area contributed by atoms with E-state index in [0.29, 0.717) is 6.07 Å².